The second-order valence-corrected chi connectivity index (χ2v) is 3.54. The molecule has 1 rings (SSSR count). The van der Waals surface area contributed by atoms with E-state index >= 15 is 0 Å². The molecule has 0 radical (unpaired) electrons. The lowest BCUT2D eigenvalue weighted by atomic mass is 9.97. The lowest BCUT2D eigenvalue weighted by Crippen LogP contribution is -1.91. The summed E-state index contributed by atoms with van der Waals surface area (Å²) in [6.45, 7) is 6.30. The number of allylic oxidation sites excluding steroid dienone is 4. The summed E-state index contributed by atoms with van der Waals surface area (Å²) in [6, 6.07) is 10.3. The van der Waals surface area contributed by atoms with Crippen LogP contribution in [-0.2, 0) is 0 Å². The lowest BCUT2D eigenvalue weighted by Gasteiger charge is -2.08. The van der Waals surface area contributed by atoms with E-state index in [0.717, 1.165) is 12.0 Å². The van der Waals surface area contributed by atoms with E-state index in [2.05, 4.69) is 37.0 Å². The fourth-order valence-electron chi connectivity index (χ4n) is 1.52. The smallest absolute Gasteiger partial charge is 0.00277 e. The summed E-state index contributed by atoms with van der Waals surface area (Å²) >= 11 is 0. The number of rotatable bonds is 5. The Morgan fingerprint density at radius 2 is 2.00 bits per heavy atom. The number of hydrogen-bond donors (Lipinski definition) is 1. The largest absolute Gasteiger partial charge is 0.394 e. The highest BCUT2D eigenvalue weighted by molar-refractivity contribution is 5.77. The summed E-state index contributed by atoms with van der Waals surface area (Å²) in [5.74, 6) is 0. The summed E-state index contributed by atoms with van der Waals surface area (Å²) in [5, 5.41) is 2.97. The summed E-state index contributed by atoms with van der Waals surface area (Å²) in [6.07, 6.45) is 7.01. The fraction of sp³-hybridized carbons (Fsp3) is 0.200. The Morgan fingerprint density at radius 1 is 1.31 bits per heavy atom. The van der Waals surface area contributed by atoms with Gasteiger partial charge in [-0.15, -0.1) is 0 Å². The molecular formula is C15H19N. The molecule has 0 spiro atoms. The van der Waals surface area contributed by atoms with Crippen LogP contribution in [0.1, 0.15) is 18.9 Å². The van der Waals surface area contributed by atoms with Crippen molar-refractivity contribution in [2.45, 2.75) is 13.3 Å². The van der Waals surface area contributed by atoms with Gasteiger partial charge >= 0.3 is 0 Å². The molecule has 0 aromatic heterocycles. The molecule has 1 heteroatoms. The molecular weight excluding hydrogens is 194 g/mol. The van der Waals surface area contributed by atoms with Crippen molar-refractivity contribution >= 4 is 5.57 Å². The third kappa shape index (κ3) is 3.43. The average molecular weight is 213 g/mol. The molecule has 16 heavy (non-hydrogen) atoms. The van der Waals surface area contributed by atoms with Crippen LogP contribution >= 0.6 is 0 Å². The third-order valence-electron chi connectivity index (χ3n) is 2.45. The first-order valence-corrected chi connectivity index (χ1v) is 5.57. The Kier molecular flexibility index (Phi) is 5.13. The molecule has 0 aliphatic rings. The van der Waals surface area contributed by atoms with Gasteiger partial charge in [-0.2, -0.15) is 0 Å². The Labute approximate surface area is 98.2 Å². The molecule has 0 bridgehead atoms. The zero-order valence-electron chi connectivity index (χ0n) is 10.0. The molecule has 1 aromatic rings. The summed E-state index contributed by atoms with van der Waals surface area (Å²) in [7, 11) is 1.89. The first kappa shape index (κ1) is 12.3. The minimum absolute atomic E-state index is 0.988. The molecule has 84 valence electrons. The van der Waals surface area contributed by atoms with Gasteiger partial charge < -0.3 is 5.32 Å². The van der Waals surface area contributed by atoms with Crippen LogP contribution in [0.15, 0.2) is 60.8 Å². The van der Waals surface area contributed by atoms with Gasteiger partial charge in [-0.3, -0.25) is 0 Å². The molecule has 1 aromatic carbocycles. The van der Waals surface area contributed by atoms with Crippen molar-refractivity contribution in [1.29, 1.82) is 0 Å². The molecule has 0 saturated carbocycles. The van der Waals surface area contributed by atoms with Crippen LogP contribution in [0.4, 0.5) is 0 Å². The van der Waals surface area contributed by atoms with Gasteiger partial charge in [-0.1, -0.05) is 49.9 Å². The average Bonchev–Trinajstić information content (AvgIpc) is 2.35. The first-order valence-electron chi connectivity index (χ1n) is 5.57. The quantitative estimate of drug-likeness (QED) is 0.734. The number of nitrogens with one attached hydrogen (secondary N) is 1. The number of benzene rings is 1. The van der Waals surface area contributed by atoms with Gasteiger partial charge in [-0.05, 0) is 35.4 Å². The van der Waals surface area contributed by atoms with Crippen molar-refractivity contribution in [2.24, 2.45) is 0 Å². The second kappa shape index (κ2) is 6.67. The summed E-state index contributed by atoms with van der Waals surface area (Å²) in [4.78, 5) is 0. The van der Waals surface area contributed by atoms with Gasteiger partial charge in [0.2, 0.25) is 0 Å². The molecule has 0 unspecified atom stereocenters. The maximum absolute atomic E-state index is 4.15. The van der Waals surface area contributed by atoms with E-state index in [9.17, 15) is 0 Å². The standard InChI is InChI=1S/C15H19N/c1-4-14(11-8-12-16-3)13(2)15-9-6-5-7-10-15/h5-12,16H,2,4H2,1,3H3/b12-8-,14-11-. The van der Waals surface area contributed by atoms with Gasteiger partial charge in [-0.25, -0.2) is 0 Å². The predicted molar refractivity (Wildman–Crippen MR) is 72.0 cm³/mol. The Bertz CT molecular complexity index is 385. The van der Waals surface area contributed by atoms with E-state index in [1.54, 1.807) is 0 Å². The van der Waals surface area contributed by atoms with Crippen molar-refractivity contribution in [1.82, 2.24) is 5.32 Å². The van der Waals surface area contributed by atoms with Crippen LogP contribution in [0.2, 0.25) is 0 Å². The molecule has 0 aliphatic heterocycles. The minimum atomic E-state index is 0.988. The predicted octanol–water partition coefficient (Wildman–Crippen LogP) is 3.77. The molecule has 0 heterocycles. The zero-order valence-corrected chi connectivity index (χ0v) is 10.0. The van der Waals surface area contributed by atoms with Crippen LogP contribution < -0.4 is 5.32 Å². The Hall–Kier alpha value is -1.76. The van der Waals surface area contributed by atoms with E-state index in [4.69, 9.17) is 0 Å². The van der Waals surface area contributed by atoms with Gasteiger partial charge in [0, 0.05) is 7.05 Å². The maximum Gasteiger partial charge on any atom is 0.00277 e. The van der Waals surface area contributed by atoms with Crippen LogP contribution in [-0.4, -0.2) is 7.05 Å². The van der Waals surface area contributed by atoms with Gasteiger partial charge in [0.05, 0.1) is 0 Å². The van der Waals surface area contributed by atoms with Gasteiger partial charge in [0.25, 0.3) is 0 Å². The normalized spacial score (nSPS) is 11.8. The van der Waals surface area contributed by atoms with E-state index in [0.29, 0.717) is 0 Å². The van der Waals surface area contributed by atoms with Gasteiger partial charge in [0.15, 0.2) is 0 Å². The molecule has 0 atom stereocenters. The highest BCUT2D eigenvalue weighted by atomic mass is 14.8. The molecule has 1 N–H and O–H groups in total. The SMILES string of the molecule is C=C(/C(=C\C=C/NC)CC)c1ccccc1. The molecule has 0 amide bonds. The Morgan fingerprint density at radius 3 is 2.56 bits per heavy atom. The first-order chi connectivity index (χ1) is 7.79. The van der Waals surface area contributed by atoms with Crippen molar-refractivity contribution in [3.8, 4) is 0 Å². The minimum Gasteiger partial charge on any atom is -0.394 e. The number of hydrogen-bond acceptors (Lipinski definition) is 1. The highest BCUT2D eigenvalue weighted by Crippen LogP contribution is 2.23. The van der Waals surface area contributed by atoms with Crippen molar-refractivity contribution in [3.05, 3.63) is 66.4 Å². The Balaban J connectivity index is 2.86. The topological polar surface area (TPSA) is 12.0 Å². The maximum atomic E-state index is 4.15. The van der Waals surface area contributed by atoms with Gasteiger partial charge in [0.1, 0.15) is 0 Å². The monoisotopic (exact) mass is 213 g/mol. The van der Waals surface area contributed by atoms with Crippen LogP contribution in [0.5, 0.6) is 0 Å². The molecule has 1 nitrogen and oxygen atoms in total. The molecule has 0 fully saturated rings. The van der Waals surface area contributed by atoms with E-state index in [1.165, 1.54) is 11.1 Å². The van der Waals surface area contributed by atoms with Crippen molar-refractivity contribution in [3.63, 3.8) is 0 Å². The summed E-state index contributed by atoms with van der Waals surface area (Å²) in [5.41, 5.74) is 3.55. The van der Waals surface area contributed by atoms with E-state index in [1.807, 2.05) is 37.5 Å². The third-order valence-corrected chi connectivity index (χ3v) is 2.45. The van der Waals surface area contributed by atoms with Crippen molar-refractivity contribution in [2.75, 3.05) is 7.05 Å². The second-order valence-electron chi connectivity index (χ2n) is 3.54. The van der Waals surface area contributed by atoms with Crippen LogP contribution in [0.3, 0.4) is 0 Å². The van der Waals surface area contributed by atoms with E-state index in [-0.39, 0.29) is 0 Å². The zero-order chi connectivity index (χ0) is 11.8. The van der Waals surface area contributed by atoms with Crippen LogP contribution in [0, 0.1) is 0 Å². The summed E-state index contributed by atoms with van der Waals surface area (Å²) < 4.78 is 0. The van der Waals surface area contributed by atoms with Crippen molar-refractivity contribution < 1.29 is 0 Å². The fourth-order valence-corrected chi connectivity index (χ4v) is 1.52. The highest BCUT2D eigenvalue weighted by Gasteiger charge is 2.01. The van der Waals surface area contributed by atoms with Crippen LogP contribution in [0.25, 0.3) is 5.57 Å². The lowest BCUT2D eigenvalue weighted by molar-refractivity contribution is 1.10. The van der Waals surface area contributed by atoms with E-state index < -0.39 is 0 Å². The molecule has 0 saturated heterocycles. The molecule has 0 aliphatic carbocycles.